The van der Waals surface area contributed by atoms with Crippen LogP contribution in [0.15, 0.2) is 76.2 Å². The van der Waals surface area contributed by atoms with Gasteiger partial charge in [-0.15, -0.1) is 0 Å². The van der Waals surface area contributed by atoms with E-state index < -0.39 is 17.4 Å². The Morgan fingerprint density at radius 3 is 2.34 bits per heavy atom. The lowest BCUT2D eigenvalue weighted by Gasteiger charge is -2.13. The maximum Gasteiger partial charge on any atom is 0.325 e. The SMILES string of the molecule is COC(=O)Cn1c(-c2ccccc2)ncc(NC(=O)c2noc(-c3ccccc3)n2)c1=O. The maximum atomic E-state index is 13.0. The van der Waals surface area contributed by atoms with E-state index in [9.17, 15) is 14.4 Å². The molecule has 0 aliphatic carbocycles. The van der Waals surface area contributed by atoms with Crippen molar-refractivity contribution in [2.75, 3.05) is 12.4 Å². The maximum absolute atomic E-state index is 13.0. The van der Waals surface area contributed by atoms with E-state index >= 15 is 0 Å². The van der Waals surface area contributed by atoms with Crippen LogP contribution in [-0.4, -0.2) is 38.7 Å². The molecule has 32 heavy (non-hydrogen) atoms. The first-order valence-electron chi connectivity index (χ1n) is 9.49. The highest BCUT2D eigenvalue weighted by molar-refractivity contribution is 6.01. The standard InChI is InChI=1S/C22H17N5O5/c1-31-17(28)13-27-19(14-8-4-2-5-9-14)23-12-16(22(27)30)24-20(29)18-25-21(32-26-18)15-10-6-3-7-11-15/h2-12H,13H2,1H3,(H,24,29). The molecule has 2 heterocycles. The predicted octanol–water partition coefficient (Wildman–Crippen LogP) is 2.39. The Morgan fingerprint density at radius 2 is 1.69 bits per heavy atom. The number of ether oxygens (including phenoxy) is 1. The van der Waals surface area contributed by atoms with Gasteiger partial charge in [0.1, 0.15) is 18.1 Å². The van der Waals surface area contributed by atoms with Crippen molar-refractivity contribution in [3.8, 4) is 22.8 Å². The van der Waals surface area contributed by atoms with Crippen LogP contribution in [-0.2, 0) is 16.1 Å². The summed E-state index contributed by atoms with van der Waals surface area (Å²) in [5, 5.41) is 6.10. The highest BCUT2D eigenvalue weighted by Gasteiger charge is 2.20. The fraction of sp³-hybridized carbons (Fsp3) is 0.0909. The molecule has 4 rings (SSSR count). The number of nitrogens with zero attached hydrogens (tertiary/aromatic N) is 4. The number of rotatable bonds is 6. The second kappa shape index (κ2) is 9.04. The molecular weight excluding hydrogens is 414 g/mol. The van der Waals surface area contributed by atoms with Crippen molar-refractivity contribution >= 4 is 17.6 Å². The Bertz CT molecular complexity index is 1320. The molecule has 0 saturated heterocycles. The number of amides is 1. The summed E-state index contributed by atoms with van der Waals surface area (Å²) < 4.78 is 10.9. The van der Waals surface area contributed by atoms with E-state index in [1.807, 2.05) is 12.1 Å². The van der Waals surface area contributed by atoms with Crippen molar-refractivity contribution in [1.29, 1.82) is 0 Å². The fourth-order valence-corrected chi connectivity index (χ4v) is 2.93. The van der Waals surface area contributed by atoms with Gasteiger partial charge in [-0.2, -0.15) is 4.98 Å². The van der Waals surface area contributed by atoms with Crippen molar-refractivity contribution in [1.82, 2.24) is 19.7 Å². The molecule has 10 nitrogen and oxygen atoms in total. The topological polar surface area (TPSA) is 129 Å². The van der Waals surface area contributed by atoms with Gasteiger partial charge in [0.2, 0.25) is 0 Å². The van der Waals surface area contributed by atoms with Gasteiger partial charge >= 0.3 is 5.97 Å². The van der Waals surface area contributed by atoms with Gasteiger partial charge in [0.15, 0.2) is 0 Å². The van der Waals surface area contributed by atoms with Crippen molar-refractivity contribution in [3.63, 3.8) is 0 Å². The van der Waals surface area contributed by atoms with E-state index in [-0.39, 0.29) is 29.8 Å². The van der Waals surface area contributed by atoms with Crippen LogP contribution >= 0.6 is 0 Å². The van der Waals surface area contributed by atoms with Crippen LogP contribution < -0.4 is 10.9 Å². The predicted molar refractivity (Wildman–Crippen MR) is 114 cm³/mol. The Hall–Kier alpha value is -4.60. The van der Waals surface area contributed by atoms with Crippen molar-refractivity contribution < 1.29 is 18.8 Å². The Balaban J connectivity index is 1.65. The lowest BCUT2D eigenvalue weighted by atomic mass is 10.2. The van der Waals surface area contributed by atoms with Crippen LogP contribution in [0.5, 0.6) is 0 Å². The molecule has 0 atom stereocenters. The molecule has 1 amide bonds. The lowest BCUT2D eigenvalue weighted by Crippen LogP contribution is -2.31. The van der Waals surface area contributed by atoms with Gasteiger partial charge in [0.25, 0.3) is 23.2 Å². The molecule has 1 N–H and O–H groups in total. The minimum atomic E-state index is -0.757. The van der Waals surface area contributed by atoms with Gasteiger partial charge in [0, 0.05) is 11.1 Å². The summed E-state index contributed by atoms with van der Waals surface area (Å²) in [5.74, 6) is -1.23. The first-order chi connectivity index (χ1) is 15.6. The second-order valence-corrected chi connectivity index (χ2v) is 6.57. The van der Waals surface area contributed by atoms with Crippen molar-refractivity contribution in [2.45, 2.75) is 6.54 Å². The molecule has 0 spiro atoms. The van der Waals surface area contributed by atoms with Crippen LogP contribution in [0, 0.1) is 0 Å². The molecule has 0 radical (unpaired) electrons. The van der Waals surface area contributed by atoms with Crippen LogP contribution in [0.4, 0.5) is 5.69 Å². The minimum absolute atomic E-state index is 0.148. The Labute approximate surface area is 181 Å². The first-order valence-corrected chi connectivity index (χ1v) is 9.49. The van der Waals surface area contributed by atoms with Crippen LogP contribution in [0.3, 0.4) is 0 Å². The summed E-state index contributed by atoms with van der Waals surface area (Å²) in [6, 6.07) is 17.8. The zero-order valence-corrected chi connectivity index (χ0v) is 16.9. The average molecular weight is 431 g/mol. The second-order valence-electron chi connectivity index (χ2n) is 6.57. The summed E-state index contributed by atoms with van der Waals surface area (Å²) in [4.78, 5) is 45.9. The summed E-state index contributed by atoms with van der Waals surface area (Å²) >= 11 is 0. The zero-order chi connectivity index (χ0) is 22.5. The molecule has 4 aromatic rings. The van der Waals surface area contributed by atoms with Crippen molar-refractivity contribution in [2.24, 2.45) is 0 Å². The highest BCUT2D eigenvalue weighted by atomic mass is 16.5. The number of carbonyl (C=O) groups is 2. The molecule has 0 unspecified atom stereocenters. The van der Waals surface area contributed by atoms with Gasteiger partial charge in [-0.25, -0.2) is 4.98 Å². The summed E-state index contributed by atoms with van der Waals surface area (Å²) in [6.07, 6.45) is 1.22. The van der Waals surface area contributed by atoms with E-state index in [1.165, 1.54) is 13.3 Å². The largest absolute Gasteiger partial charge is 0.468 e. The van der Waals surface area contributed by atoms with E-state index in [0.29, 0.717) is 11.1 Å². The number of hydrogen-bond acceptors (Lipinski definition) is 8. The molecule has 10 heteroatoms. The molecule has 0 bridgehead atoms. The zero-order valence-electron chi connectivity index (χ0n) is 16.9. The summed E-state index contributed by atoms with van der Waals surface area (Å²) in [6.45, 7) is -0.378. The highest BCUT2D eigenvalue weighted by Crippen LogP contribution is 2.18. The molecule has 2 aromatic carbocycles. The van der Waals surface area contributed by atoms with E-state index in [1.54, 1.807) is 48.5 Å². The molecule has 0 fully saturated rings. The number of carbonyl (C=O) groups excluding carboxylic acids is 2. The van der Waals surface area contributed by atoms with E-state index in [4.69, 9.17) is 4.52 Å². The van der Waals surface area contributed by atoms with Crippen LogP contribution in [0.2, 0.25) is 0 Å². The fourth-order valence-electron chi connectivity index (χ4n) is 2.93. The minimum Gasteiger partial charge on any atom is -0.468 e. The van der Waals surface area contributed by atoms with Gasteiger partial charge in [-0.3, -0.25) is 19.0 Å². The van der Waals surface area contributed by atoms with Gasteiger partial charge < -0.3 is 14.6 Å². The van der Waals surface area contributed by atoms with E-state index in [0.717, 1.165) is 4.57 Å². The average Bonchev–Trinajstić information content (AvgIpc) is 3.33. The Morgan fingerprint density at radius 1 is 1.03 bits per heavy atom. The number of aromatic nitrogens is 4. The van der Waals surface area contributed by atoms with Gasteiger partial charge in [-0.1, -0.05) is 53.7 Å². The third kappa shape index (κ3) is 4.29. The van der Waals surface area contributed by atoms with Crippen LogP contribution in [0.25, 0.3) is 22.8 Å². The van der Waals surface area contributed by atoms with Gasteiger partial charge in [-0.05, 0) is 12.1 Å². The first kappa shape index (κ1) is 20.7. The molecule has 0 saturated carbocycles. The number of esters is 1. The third-order valence-electron chi connectivity index (χ3n) is 4.49. The number of anilines is 1. The molecular formula is C22H17N5O5. The summed E-state index contributed by atoms with van der Waals surface area (Å²) in [5.41, 5.74) is 0.486. The number of benzene rings is 2. The number of methoxy groups -OCH3 is 1. The number of nitrogens with one attached hydrogen (secondary N) is 1. The van der Waals surface area contributed by atoms with E-state index in [2.05, 4.69) is 25.2 Å². The molecule has 2 aromatic heterocycles. The quantitative estimate of drug-likeness (QED) is 0.461. The smallest absolute Gasteiger partial charge is 0.325 e. The third-order valence-corrected chi connectivity index (χ3v) is 4.49. The lowest BCUT2D eigenvalue weighted by molar-refractivity contribution is -0.141. The monoisotopic (exact) mass is 431 g/mol. The summed E-state index contributed by atoms with van der Waals surface area (Å²) in [7, 11) is 1.22. The van der Waals surface area contributed by atoms with Crippen LogP contribution in [0.1, 0.15) is 10.6 Å². The van der Waals surface area contributed by atoms with Gasteiger partial charge in [0.05, 0.1) is 13.3 Å². The molecule has 160 valence electrons. The molecule has 0 aliphatic heterocycles. The Kier molecular flexibility index (Phi) is 5.84. The van der Waals surface area contributed by atoms with Crippen molar-refractivity contribution in [3.05, 3.63) is 83.0 Å². The number of hydrogen-bond donors (Lipinski definition) is 1. The molecule has 0 aliphatic rings. The normalized spacial score (nSPS) is 10.5.